The number of carbonyl (C=O) groups is 1. The van der Waals surface area contributed by atoms with Gasteiger partial charge in [-0.1, -0.05) is 6.07 Å². The first-order valence-electron chi connectivity index (χ1n) is 9.02. The summed E-state index contributed by atoms with van der Waals surface area (Å²) in [7, 11) is 0. The van der Waals surface area contributed by atoms with Gasteiger partial charge in [0, 0.05) is 30.4 Å². The lowest BCUT2D eigenvalue weighted by molar-refractivity contribution is 0.0984. The summed E-state index contributed by atoms with van der Waals surface area (Å²) in [6.45, 7) is 2.18. The van der Waals surface area contributed by atoms with E-state index in [-0.39, 0.29) is 12.1 Å². The minimum absolute atomic E-state index is 0.0349. The van der Waals surface area contributed by atoms with Gasteiger partial charge in [-0.2, -0.15) is 0 Å². The molecule has 0 radical (unpaired) electrons. The Morgan fingerprint density at radius 2 is 2.07 bits per heavy atom. The maximum absolute atomic E-state index is 14.3. The average Bonchev–Trinajstić information content (AvgIpc) is 3.29. The summed E-state index contributed by atoms with van der Waals surface area (Å²) >= 11 is 0. The highest BCUT2D eigenvalue weighted by Gasteiger charge is 2.47. The average molecular weight is 389 g/mol. The summed E-state index contributed by atoms with van der Waals surface area (Å²) in [5, 5.41) is 0. The molecule has 0 N–H and O–H groups in total. The molecule has 0 atom stereocenters. The van der Waals surface area contributed by atoms with E-state index in [1.165, 1.54) is 18.2 Å². The number of Topliss-reactive ketones (excluding diaryl/α,β-unsaturated/α-hetero) is 1. The van der Waals surface area contributed by atoms with Crippen LogP contribution in [0.5, 0.6) is 5.75 Å². The SMILES string of the molecule is CCOc1cc2nc(C3(F)CC3)cn2cc1CC(=O)c1cccc(C(F)F)n1. The molecule has 3 aromatic heterocycles. The zero-order valence-corrected chi connectivity index (χ0v) is 15.2. The number of ether oxygens (including phenoxy) is 1. The van der Waals surface area contributed by atoms with Gasteiger partial charge in [-0.3, -0.25) is 4.79 Å². The fourth-order valence-electron chi connectivity index (χ4n) is 3.06. The Labute approximate surface area is 159 Å². The maximum Gasteiger partial charge on any atom is 0.280 e. The molecule has 0 amide bonds. The Kier molecular flexibility index (Phi) is 4.56. The quantitative estimate of drug-likeness (QED) is 0.560. The summed E-state index contributed by atoms with van der Waals surface area (Å²) in [6, 6.07) is 5.62. The van der Waals surface area contributed by atoms with Crippen molar-refractivity contribution in [1.29, 1.82) is 0 Å². The van der Waals surface area contributed by atoms with Crippen LogP contribution in [0.1, 0.15) is 53.6 Å². The minimum atomic E-state index is -2.75. The molecule has 1 saturated carbocycles. The molecule has 0 aliphatic heterocycles. The zero-order chi connectivity index (χ0) is 19.9. The predicted octanol–water partition coefficient (Wildman–Crippen LogP) is 4.45. The lowest BCUT2D eigenvalue weighted by Crippen LogP contribution is -2.10. The van der Waals surface area contributed by atoms with Crippen molar-refractivity contribution in [2.75, 3.05) is 6.61 Å². The Balaban J connectivity index is 1.67. The number of hydrogen-bond acceptors (Lipinski definition) is 4. The third-order valence-electron chi connectivity index (χ3n) is 4.71. The third kappa shape index (κ3) is 3.46. The monoisotopic (exact) mass is 389 g/mol. The van der Waals surface area contributed by atoms with Crippen molar-refractivity contribution in [3.8, 4) is 5.75 Å². The van der Waals surface area contributed by atoms with E-state index in [4.69, 9.17) is 4.74 Å². The molecule has 0 saturated heterocycles. The number of alkyl halides is 3. The maximum atomic E-state index is 14.3. The first-order valence-corrected chi connectivity index (χ1v) is 9.02. The minimum Gasteiger partial charge on any atom is -0.493 e. The van der Waals surface area contributed by atoms with Crippen LogP contribution in [0.15, 0.2) is 36.7 Å². The molecule has 28 heavy (non-hydrogen) atoms. The molecule has 3 aromatic rings. The Bertz CT molecular complexity index is 1040. The molecule has 1 fully saturated rings. The van der Waals surface area contributed by atoms with Gasteiger partial charge in [-0.05, 0) is 31.9 Å². The van der Waals surface area contributed by atoms with Gasteiger partial charge < -0.3 is 9.14 Å². The van der Waals surface area contributed by atoms with Crippen LogP contribution >= 0.6 is 0 Å². The molecule has 1 aliphatic carbocycles. The van der Waals surface area contributed by atoms with Crippen molar-refractivity contribution >= 4 is 11.4 Å². The summed E-state index contributed by atoms with van der Waals surface area (Å²) in [6.07, 6.45) is 1.35. The van der Waals surface area contributed by atoms with Gasteiger partial charge in [-0.15, -0.1) is 0 Å². The molecule has 0 aromatic carbocycles. The second-order valence-corrected chi connectivity index (χ2v) is 6.80. The number of pyridine rings is 2. The van der Waals surface area contributed by atoms with Gasteiger partial charge in [0.1, 0.15) is 22.8 Å². The van der Waals surface area contributed by atoms with Gasteiger partial charge in [0.05, 0.1) is 12.3 Å². The highest BCUT2D eigenvalue weighted by atomic mass is 19.3. The molecule has 1 aliphatic rings. The van der Waals surface area contributed by atoms with E-state index in [9.17, 15) is 18.0 Å². The highest BCUT2D eigenvalue weighted by Crippen LogP contribution is 2.49. The van der Waals surface area contributed by atoms with Crippen LogP contribution in [0, 0.1) is 0 Å². The van der Waals surface area contributed by atoms with E-state index in [2.05, 4.69) is 9.97 Å². The van der Waals surface area contributed by atoms with E-state index >= 15 is 0 Å². The van der Waals surface area contributed by atoms with Gasteiger partial charge >= 0.3 is 0 Å². The Morgan fingerprint density at radius 1 is 1.29 bits per heavy atom. The third-order valence-corrected chi connectivity index (χ3v) is 4.71. The van der Waals surface area contributed by atoms with Gasteiger partial charge in [0.2, 0.25) is 0 Å². The Morgan fingerprint density at radius 3 is 2.75 bits per heavy atom. The van der Waals surface area contributed by atoms with Crippen LogP contribution in [0.4, 0.5) is 13.2 Å². The lowest BCUT2D eigenvalue weighted by Gasteiger charge is -2.11. The Hall–Kier alpha value is -2.90. The molecule has 0 spiro atoms. The lowest BCUT2D eigenvalue weighted by atomic mass is 10.1. The zero-order valence-electron chi connectivity index (χ0n) is 15.2. The topological polar surface area (TPSA) is 56.5 Å². The number of rotatable bonds is 7. The van der Waals surface area contributed by atoms with Crippen molar-refractivity contribution in [2.24, 2.45) is 0 Å². The van der Waals surface area contributed by atoms with Crippen molar-refractivity contribution in [3.63, 3.8) is 0 Å². The van der Waals surface area contributed by atoms with Crippen molar-refractivity contribution in [1.82, 2.24) is 14.4 Å². The van der Waals surface area contributed by atoms with Crippen LogP contribution in [0.2, 0.25) is 0 Å². The van der Waals surface area contributed by atoms with Crippen molar-refractivity contribution in [2.45, 2.75) is 38.3 Å². The molecular formula is C20H18F3N3O2. The van der Waals surface area contributed by atoms with Crippen molar-refractivity contribution in [3.05, 3.63) is 59.3 Å². The van der Waals surface area contributed by atoms with E-state index in [0.717, 1.165) is 0 Å². The molecule has 0 bridgehead atoms. The molecule has 8 heteroatoms. The smallest absolute Gasteiger partial charge is 0.280 e. The fraction of sp³-hybridized carbons (Fsp3) is 0.350. The second-order valence-electron chi connectivity index (χ2n) is 6.80. The number of ketones is 1. The molecule has 3 heterocycles. The van der Waals surface area contributed by atoms with E-state index in [1.807, 2.05) is 0 Å². The summed E-state index contributed by atoms with van der Waals surface area (Å²) in [4.78, 5) is 20.7. The van der Waals surface area contributed by atoms with E-state index in [1.54, 1.807) is 29.8 Å². The predicted molar refractivity (Wildman–Crippen MR) is 95.6 cm³/mol. The first-order chi connectivity index (χ1) is 13.4. The normalized spacial score (nSPS) is 15.2. The molecule has 146 valence electrons. The van der Waals surface area contributed by atoms with Crippen LogP contribution in [-0.2, 0) is 12.1 Å². The number of halogens is 3. The number of nitrogens with zero attached hydrogens (tertiary/aromatic N) is 3. The van der Waals surface area contributed by atoms with Crippen LogP contribution < -0.4 is 4.74 Å². The molecular weight excluding hydrogens is 371 g/mol. The van der Waals surface area contributed by atoms with Gasteiger partial charge in [0.25, 0.3) is 6.43 Å². The van der Waals surface area contributed by atoms with Crippen LogP contribution in [-0.4, -0.2) is 26.8 Å². The fourth-order valence-corrected chi connectivity index (χ4v) is 3.06. The summed E-state index contributed by atoms with van der Waals surface area (Å²) in [5.74, 6) is 0.0431. The standard InChI is InChI=1S/C20H18F3N3O2/c1-2-28-16-9-18-25-17(20(23)6-7-20)11-26(18)10-12(16)8-15(27)13-4-3-5-14(24-13)19(21)22/h3-5,9-11,19H,2,6-8H2,1H3. The number of imidazole rings is 1. The van der Waals surface area contributed by atoms with E-state index in [0.29, 0.717) is 42.1 Å². The van der Waals surface area contributed by atoms with Gasteiger partial charge in [-0.25, -0.2) is 23.1 Å². The van der Waals surface area contributed by atoms with Crippen LogP contribution in [0.3, 0.4) is 0 Å². The van der Waals surface area contributed by atoms with Crippen molar-refractivity contribution < 1.29 is 22.7 Å². The summed E-state index contributed by atoms with van der Waals surface area (Å²) < 4.78 is 47.3. The van der Waals surface area contributed by atoms with Gasteiger partial charge in [0.15, 0.2) is 11.5 Å². The van der Waals surface area contributed by atoms with E-state index < -0.39 is 23.6 Å². The molecule has 4 rings (SSSR count). The number of aromatic nitrogens is 3. The number of hydrogen-bond donors (Lipinski definition) is 0. The first kappa shape index (κ1) is 18.5. The largest absolute Gasteiger partial charge is 0.493 e. The molecule has 0 unspecified atom stereocenters. The highest BCUT2D eigenvalue weighted by molar-refractivity contribution is 5.96. The molecule has 5 nitrogen and oxygen atoms in total. The number of carbonyl (C=O) groups excluding carboxylic acids is 1. The van der Waals surface area contributed by atoms with Crippen LogP contribution in [0.25, 0.3) is 5.65 Å². The number of fused-ring (bicyclic) bond motifs is 1. The second kappa shape index (κ2) is 6.92. The summed E-state index contributed by atoms with van der Waals surface area (Å²) in [5.41, 5.74) is -0.402.